The number of allylic oxidation sites excluding steroid dienone is 1. The first-order chi connectivity index (χ1) is 11.4. The highest BCUT2D eigenvalue weighted by molar-refractivity contribution is 5.82. The highest BCUT2D eigenvalue weighted by Crippen LogP contribution is 2.59. The van der Waals surface area contributed by atoms with Crippen LogP contribution in [0.1, 0.15) is 26.7 Å². The van der Waals surface area contributed by atoms with Crippen molar-refractivity contribution in [1.29, 1.82) is 0 Å². The Balaban J connectivity index is 3.56. The lowest BCUT2D eigenvalue weighted by atomic mass is 9.64. The number of aliphatic hydroxyl groups is 1. The van der Waals surface area contributed by atoms with Crippen LogP contribution in [-0.4, -0.2) is 45.3 Å². The molecule has 0 spiro atoms. The van der Waals surface area contributed by atoms with Gasteiger partial charge in [0.1, 0.15) is 0 Å². The minimum atomic E-state index is -6.72. The normalized spacial score (nSPS) is 27.4. The van der Waals surface area contributed by atoms with Crippen LogP contribution in [0, 0.1) is 16.7 Å². The van der Waals surface area contributed by atoms with E-state index in [4.69, 9.17) is 5.11 Å². The van der Waals surface area contributed by atoms with E-state index in [0.717, 1.165) is 13.8 Å². The number of hydrogen-bond acceptors (Lipinski definition) is 3. The summed E-state index contributed by atoms with van der Waals surface area (Å²) in [6.07, 6.45) is -8.05. The van der Waals surface area contributed by atoms with E-state index in [2.05, 4.69) is 0 Å². The van der Waals surface area contributed by atoms with E-state index in [1.54, 1.807) is 0 Å². The number of aliphatic carboxylic acids is 2. The van der Waals surface area contributed by atoms with Crippen molar-refractivity contribution in [2.24, 2.45) is 16.7 Å². The molecular weight excluding hydrogens is 381 g/mol. The second kappa shape index (κ2) is 6.02. The van der Waals surface area contributed by atoms with Crippen LogP contribution < -0.4 is 0 Å². The Morgan fingerprint density at radius 2 is 1.46 bits per heavy atom. The Hall–Kier alpha value is -2.01. The first kappa shape index (κ1) is 22.0. The molecule has 0 aromatic rings. The van der Waals surface area contributed by atoms with Gasteiger partial charge in [-0.3, -0.25) is 9.59 Å². The van der Waals surface area contributed by atoms with E-state index >= 15 is 0 Å². The second-order valence-electron chi connectivity index (χ2n) is 6.60. The lowest BCUT2D eigenvalue weighted by Gasteiger charge is -2.38. The minimum absolute atomic E-state index is 0.294. The summed E-state index contributed by atoms with van der Waals surface area (Å²) in [5, 5.41) is 27.8. The summed E-state index contributed by atoms with van der Waals surface area (Å²) >= 11 is 0. The first-order valence-electron chi connectivity index (χ1n) is 7.07. The van der Waals surface area contributed by atoms with Crippen LogP contribution >= 0.6 is 0 Å². The SMILES string of the molecule is CC1(C)C(C(=O)O)CCC1(C=C(O)C(F)(F)C(F)(F)C(F)(F)F)C(=O)O. The van der Waals surface area contributed by atoms with E-state index in [9.17, 15) is 50.5 Å². The number of carboxylic acids is 2. The maximum Gasteiger partial charge on any atom is 0.460 e. The Bertz CT molecular complexity index is 638. The molecule has 0 radical (unpaired) electrons. The maximum atomic E-state index is 13.6. The predicted molar refractivity (Wildman–Crippen MR) is 70.9 cm³/mol. The number of alkyl halides is 7. The van der Waals surface area contributed by atoms with Gasteiger partial charge in [-0.15, -0.1) is 0 Å². The third-order valence-corrected chi connectivity index (χ3v) is 4.98. The number of hydrogen-bond donors (Lipinski definition) is 3. The number of halogens is 7. The van der Waals surface area contributed by atoms with Gasteiger partial charge in [0, 0.05) is 0 Å². The summed E-state index contributed by atoms with van der Waals surface area (Å²) in [6, 6.07) is 0. The van der Waals surface area contributed by atoms with Crippen molar-refractivity contribution in [2.45, 2.75) is 44.7 Å². The molecule has 1 aliphatic rings. The monoisotopic (exact) mass is 396 g/mol. The third kappa shape index (κ3) is 2.88. The molecule has 5 nitrogen and oxygen atoms in total. The Morgan fingerprint density at radius 1 is 1.00 bits per heavy atom. The van der Waals surface area contributed by atoms with Crippen LogP contribution in [0.25, 0.3) is 0 Å². The fraction of sp³-hybridized carbons (Fsp3) is 0.714. The van der Waals surface area contributed by atoms with E-state index in [-0.39, 0.29) is 12.5 Å². The van der Waals surface area contributed by atoms with Gasteiger partial charge in [-0.1, -0.05) is 13.8 Å². The molecule has 0 heterocycles. The standard InChI is InChI=1S/C14H15F7O5/c1-10(2)6(8(23)24)3-4-11(10,9(25)26)5-7(22)12(15,16)13(17,18)14(19,20)21/h5-6,22H,3-4H2,1-2H3,(H,23,24)(H,25,26). The summed E-state index contributed by atoms with van der Waals surface area (Å²) < 4.78 is 89.9. The van der Waals surface area contributed by atoms with Gasteiger partial charge in [0.2, 0.25) is 0 Å². The molecule has 0 aromatic heterocycles. The van der Waals surface area contributed by atoms with Crippen LogP contribution in [0.4, 0.5) is 30.7 Å². The fourth-order valence-corrected chi connectivity index (χ4v) is 3.16. The van der Waals surface area contributed by atoms with Gasteiger partial charge in [0.15, 0.2) is 5.76 Å². The van der Waals surface area contributed by atoms with Gasteiger partial charge in [-0.2, -0.15) is 30.7 Å². The number of aliphatic hydroxyl groups excluding tert-OH is 1. The Kier molecular flexibility index (Phi) is 5.10. The van der Waals surface area contributed by atoms with Crippen molar-refractivity contribution in [3.8, 4) is 0 Å². The van der Waals surface area contributed by atoms with Crippen LogP contribution in [-0.2, 0) is 9.59 Å². The highest BCUT2D eigenvalue weighted by Gasteiger charge is 2.75. The summed E-state index contributed by atoms with van der Waals surface area (Å²) in [7, 11) is 0. The van der Waals surface area contributed by atoms with Crippen molar-refractivity contribution in [3.63, 3.8) is 0 Å². The predicted octanol–water partition coefficient (Wildman–Crippen LogP) is 3.85. The molecule has 0 amide bonds. The van der Waals surface area contributed by atoms with E-state index in [1.165, 1.54) is 0 Å². The van der Waals surface area contributed by atoms with Gasteiger partial charge in [-0.25, -0.2) is 0 Å². The molecule has 12 heteroatoms. The van der Waals surface area contributed by atoms with E-state index in [1.807, 2.05) is 0 Å². The molecule has 0 aliphatic heterocycles. The van der Waals surface area contributed by atoms with Crippen molar-refractivity contribution in [1.82, 2.24) is 0 Å². The zero-order valence-corrected chi connectivity index (χ0v) is 13.4. The van der Waals surface area contributed by atoms with Gasteiger partial charge >= 0.3 is 30.0 Å². The summed E-state index contributed by atoms with van der Waals surface area (Å²) in [4.78, 5) is 22.8. The molecular formula is C14H15F7O5. The van der Waals surface area contributed by atoms with E-state index < -0.39 is 58.9 Å². The van der Waals surface area contributed by atoms with Gasteiger partial charge in [-0.05, 0) is 24.3 Å². The topological polar surface area (TPSA) is 94.8 Å². The zero-order chi connectivity index (χ0) is 20.9. The summed E-state index contributed by atoms with van der Waals surface area (Å²) in [5.74, 6) is -20.5. The zero-order valence-electron chi connectivity index (χ0n) is 13.4. The molecule has 150 valence electrons. The van der Waals surface area contributed by atoms with Crippen molar-refractivity contribution in [2.75, 3.05) is 0 Å². The van der Waals surface area contributed by atoms with Gasteiger partial charge < -0.3 is 15.3 Å². The maximum absolute atomic E-state index is 13.6. The highest BCUT2D eigenvalue weighted by atomic mass is 19.4. The van der Waals surface area contributed by atoms with Crippen molar-refractivity contribution in [3.05, 3.63) is 11.8 Å². The van der Waals surface area contributed by atoms with Crippen LogP contribution in [0.2, 0.25) is 0 Å². The molecule has 0 saturated heterocycles. The third-order valence-electron chi connectivity index (χ3n) is 4.98. The molecule has 0 bridgehead atoms. The Labute approximate surface area is 142 Å². The molecule has 1 fully saturated rings. The lowest BCUT2D eigenvalue weighted by molar-refractivity contribution is -0.349. The van der Waals surface area contributed by atoms with Gasteiger partial charge in [0.25, 0.3) is 0 Å². The fourth-order valence-electron chi connectivity index (χ4n) is 3.16. The molecule has 3 N–H and O–H groups in total. The molecule has 26 heavy (non-hydrogen) atoms. The molecule has 1 rings (SSSR count). The largest absolute Gasteiger partial charge is 0.506 e. The van der Waals surface area contributed by atoms with Crippen LogP contribution in [0.15, 0.2) is 11.8 Å². The summed E-state index contributed by atoms with van der Waals surface area (Å²) in [5.41, 5.74) is -4.46. The molecule has 2 unspecified atom stereocenters. The number of carbonyl (C=O) groups is 2. The minimum Gasteiger partial charge on any atom is -0.506 e. The van der Waals surface area contributed by atoms with Gasteiger partial charge in [0.05, 0.1) is 11.3 Å². The molecule has 2 atom stereocenters. The van der Waals surface area contributed by atoms with Crippen molar-refractivity contribution >= 4 is 11.9 Å². The number of rotatable bonds is 5. The van der Waals surface area contributed by atoms with E-state index in [0.29, 0.717) is 0 Å². The van der Waals surface area contributed by atoms with Crippen molar-refractivity contribution < 1.29 is 55.6 Å². The van der Waals surface area contributed by atoms with Crippen LogP contribution in [0.5, 0.6) is 0 Å². The van der Waals surface area contributed by atoms with Crippen LogP contribution in [0.3, 0.4) is 0 Å². The average Bonchev–Trinajstić information content (AvgIpc) is 2.69. The number of carboxylic acid groups (broad SMARTS) is 2. The lowest BCUT2D eigenvalue weighted by Crippen LogP contribution is -2.53. The first-order valence-corrected chi connectivity index (χ1v) is 7.07. The molecule has 0 aromatic carbocycles. The molecule has 1 saturated carbocycles. The smallest absolute Gasteiger partial charge is 0.460 e. The quantitative estimate of drug-likeness (QED) is 0.485. The Morgan fingerprint density at radius 3 is 1.77 bits per heavy atom. The second-order valence-corrected chi connectivity index (χ2v) is 6.60. The molecule has 1 aliphatic carbocycles. The summed E-state index contributed by atoms with van der Waals surface area (Å²) in [6.45, 7) is 2.05. The average molecular weight is 396 g/mol.